The van der Waals surface area contributed by atoms with Gasteiger partial charge in [-0.2, -0.15) is 0 Å². The van der Waals surface area contributed by atoms with Gasteiger partial charge in [0, 0.05) is 12.6 Å². The summed E-state index contributed by atoms with van der Waals surface area (Å²) in [5.41, 5.74) is 0.984. The number of rotatable bonds is 4. The molecule has 2 rings (SSSR count). The molecule has 106 valence electrons. The second kappa shape index (κ2) is 6.41. The van der Waals surface area contributed by atoms with Gasteiger partial charge in [-0.15, -0.1) is 0 Å². The molecule has 0 amide bonds. The van der Waals surface area contributed by atoms with Gasteiger partial charge < -0.3 is 10.1 Å². The lowest BCUT2D eigenvalue weighted by Gasteiger charge is -2.11. The molecule has 0 radical (unpaired) electrons. The van der Waals surface area contributed by atoms with Crippen LogP contribution < -0.4 is 10.1 Å². The van der Waals surface area contributed by atoms with E-state index in [9.17, 15) is 8.78 Å². The van der Waals surface area contributed by atoms with Crippen molar-refractivity contribution in [1.82, 2.24) is 0 Å². The van der Waals surface area contributed by atoms with Gasteiger partial charge >= 0.3 is 0 Å². The highest BCUT2D eigenvalue weighted by Gasteiger charge is 2.10. The molecular weight excluding hydrogens is 352 g/mol. The summed E-state index contributed by atoms with van der Waals surface area (Å²) in [7, 11) is 1.58. The first-order chi connectivity index (χ1) is 9.51. The van der Waals surface area contributed by atoms with Gasteiger partial charge in [-0.1, -0.05) is 17.7 Å². The van der Waals surface area contributed by atoms with Crippen LogP contribution in [0.15, 0.2) is 34.8 Å². The van der Waals surface area contributed by atoms with Crippen LogP contribution >= 0.6 is 27.5 Å². The van der Waals surface area contributed by atoms with Crippen LogP contribution in [-0.4, -0.2) is 7.11 Å². The molecule has 0 aromatic heterocycles. The van der Waals surface area contributed by atoms with Gasteiger partial charge in [0.2, 0.25) is 0 Å². The van der Waals surface area contributed by atoms with E-state index in [1.165, 1.54) is 0 Å². The Hall–Kier alpha value is -1.33. The van der Waals surface area contributed by atoms with Gasteiger partial charge in [0.1, 0.15) is 11.6 Å². The van der Waals surface area contributed by atoms with E-state index >= 15 is 0 Å². The standard InChI is InChI=1S/C14H11BrClF2NO/c1-20-13-3-2-8(4-10(13)15)7-19-14-11(16)5-9(17)6-12(14)18/h2-6,19H,7H2,1H3. The van der Waals surface area contributed by atoms with E-state index in [1.807, 2.05) is 12.1 Å². The van der Waals surface area contributed by atoms with Crippen LogP contribution in [0, 0.1) is 11.6 Å². The van der Waals surface area contributed by atoms with Crippen molar-refractivity contribution in [1.29, 1.82) is 0 Å². The zero-order chi connectivity index (χ0) is 14.7. The molecule has 20 heavy (non-hydrogen) atoms. The quantitative estimate of drug-likeness (QED) is 0.826. The smallest absolute Gasteiger partial charge is 0.150 e. The van der Waals surface area contributed by atoms with E-state index in [-0.39, 0.29) is 10.7 Å². The Morgan fingerprint density at radius 2 is 2.00 bits per heavy atom. The minimum Gasteiger partial charge on any atom is -0.496 e. The van der Waals surface area contributed by atoms with E-state index in [1.54, 1.807) is 13.2 Å². The minimum absolute atomic E-state index is 0.00933. The van der Waals surface area contributed by atoms with Crippen LogP contribution in [-0.2, 0) is 6.54 Å². The predicted octanol–water partition coefficient (Wildman–Crippen LogP) is 5.00. The van der Waals surface area contributed by atoms with Crippen molar-refractivity contribution in [3.8, 4) is 5.75 Å². The normalized spacial score (nSPS) is 10.4. The minimum atomic E-state index is -0.720. The maximum Gasteiger partial charge on any atom is 0.150 e. The summed E-state index contributed by atoms with van der Waals surface area (Å²) in [6, 6.07) is 7.34. The Balaban J connectivity index is 2.15. The second-order valence-corrected chi connectivity index (χ2v) is 5.33. The molecule has 0 saturated carbocycles. The number of ether oxygens (including phenoxy) is 1. The molecule has 0 aliphatic rings. The SMILES string of the molecule is COc1ccc(CNc2c(F)cc(F)cc2Cl)cc1Br. The number of methoxy groups -OCH3 is 1. The van der Waals surface area contributed by atoms with Gasteiger partial charge in [0.25, 0.3) is 0 Å². The number of halogens is 4. The Labute approximate surface area is 128 Å². The molecule has 1 N–H and O–H groups in total. The third-order valence-electron chi connectivity index (χ3n) is 2.69. The summed E-state index contributed by atoms with van der Waals surface area (Å²) < 4.78 is 32.5. The van der Waals surface area contributed by atoms with Gasteiger partial charge in [-0.05, 0) is 39.7 Å². The van der Waals surface area contributed by atoms with E-state index < -0.39 is 11.6 Å². The number of hydrogen-bond acceptors (Lipinski definition) is 2. The Bertz CT molecular complexity index is 614. The van der Waals surface area contributed by atoms with Crippen molar-refractivity contribution in [3.63, 3.8) is 0 Å². The summed E-state index contributed by atoms with van der Waals surface area (Å²) >= 11 is 9.18. The molecule has 0 unspecified atom stereocenters. The molecule has 6 heteroatoms. The highest BCUT2D eigenvalue weighted by atomic mass is 79.9. The lowest BCUT2D eigenvalue weighted by atomic mass is 10.2. The van der Waals surface area contributed by atoms with Gasteiger partial charge in [0.05, 0.1) is 22.3 Å². The van der Waals surface area contributed by atoms with Crippen molar-refractivity contribution >= 4 is 33.2 Å². The third kappa shape index (κ3) is 3.41. The van der Waals surface area contributed by atoms with Crippen LogP contribution in [0.25, 0.3) is 0 Å². The number of anilines is 1. The van der Waals surface area contributed by atoms with Crippen LogP contribution in [0.2, 0.25) is 5.02 Å². The van der Waals surface area contributed by atoms with Crippen LogP contribution in [0.1, 0.15) is 5.56 Å². The van der Waals surface area contributed by atoms with E-state index in [0.29, 0.717) is 12.3 Å². The van der Waals surface area contributed by atoms with E-state index in [2.05, 4.69) is 21.2 Å². The first kappa shape index (κ1) is 15.1. The summed E-state index contributed by atoms with van der Waals surface area (Å²) in [5, 5.41) is 2.86. The van der Waals surface area contributed by atoms with Crippen molar-refractivity contribution in [2.45, 2.75) is 6.54 Å². The van der Waals surface area contributed by atoms with Gasteiger partial charge in [0.15, 0.2) is 5.82 Å². The maximum absolute atomic E-state index is 13.6. The molecule has 2 aromatic rings. The summed E-state index contributed by atoms with van der Waals surface area (Å²) in [5.74, 6) is -0.715. The predicted molar refractivity (Wildman–Crippen MR) is 79.4 cm³/mol. The average Bonchev–Trinajstić information content (AvgIpc) is 2.37. The fourth-order valence-corrected chi connectivity index (χ4v) is 2.57. The number of hydrogen-bond donors (Lipinski definition) is 1. The van der Waals surface area contributed by atoms with E-state index in [4.69, 9.17) is 16.3 Å². The maximum atomic E-state index is 13.6. The Kier molecular flexibility index (Phi) is 4.83. The average molecular weight is 363 g/mol. The fraction of sp³-hybridized carbons (Fsp3) is 0.143. The molecule has 0 bridgehead atoms. The fourth-order valence-electron chi connectivity index (χ4n) is 1.72. The summed E-state index contributed by atoms with van der Waals surface area (Å²) in [6.07, 6.45) is 0. The Morgan fingerprint density at radius 3 is 2.60 bits per heavy atom. The molecule has 0 aliphatic heterocycles. The van der Waals surface area contributed by atoms with Crippen LogP contribution in [0.3, 0.4) is 0 Å². The number of benzene rings is 2. The summed E-state index contributed by atoms with van der Waals surface area (Å²) in [6.45, 7) is 0.352. The lowest BCUT2D eigenvalue weighted by molar-refractivity contribution is 0.412. The van der Waals surface area contributed by atoms with Crippen molar-refractivity contribution in [3.05, 3.63) is 57.0 Å². The largest absolute Gasteiger partial charge is 0.496 e. The van der Waals surface area contributed by atoms with Gasteiger partial charge in [-0.3, -0.25) is 0 Å². The zero-order valence-electron chi connectivity index (χ0n) is 10.5. The molecule has 0 atom stereocenters. The zero-order valence-corrected chi connectivity index (χ0v) is 12.9. The molecule has 0 aliphatic carbocycles. The topological polar surface area (TPSA) is 21.3 Å². The van der Waals surface area contributed by atoms with E-state index in [0.717, 1.165) is 22.2 Å². The van der Waals surface area contributed by atoms with Gasteiger partial charge in [-0.25, -0.2) is 8.78 Å². The Morgan fingerprint density at radius 1 is 1.25 bits per heavy atom. The van der Waals surface area contributed by atoms with Crippen molar-refractivity contribution < 1.29 is 13.5 Å². The van der Waals surface area contributed by atoms with Crippen LogP contribution in [0.4, 0.5) is 14.5 Å². The molecular formula is C14H11BrClF2NO. The first-order valence-corrected chi connectivity index (χ1v) is 6.89. The highest BCUT2D eigenvalue weighted by Crippen LogP contribution is 2.28. The van der Waals surface area contributed by atoms with Crippen LogP contribution in [0.5, 0.6) is 5.75 Å². The molecule has 0 fully saturated rings. The monoisotopic (exact) mass is 361 g/mol. The molecule has 0 spiro atoms. The van der Waals surface area contributed by atoms with Crippen molar-refractivity contribution in [2.24, 2.45) is 0 Å². The highest BCUT2D eigenvalue weighted by molar-refractivity contribution is 9.10. The molecule has 2 nitrogen and oxygen atoms in total. The summed E-state index contributed by atoms with van der Waals surface area (Å²) in [4.78, 5) is 0. The molecule has 2 aromatic carbocycles. The molecule has 0 saturated heterocycles. The van der Waals surface area contributed by atoms with Crippen molar-refractivity contribution in [2.75, 3.05) is 12.4 Å². The molecule has 0 heterocycles. The third-order valence-corrected chi connectivity index (χ3v) is 3.61. The lowest BCUT2D eigenvalue weighted by Crippen LogP contribution is -2.03. The second-order valence-electron chi connectivity index (χ2n) is 4.07. The number of nitrogens with one attached hydrogen (secondary N) is 1. The first-order valence-electron chi connectivity index (χ1n) is 5.72.